The Bertz CT molecular complexity index is 561. The van der Waals surface area contributed by atoms with Gasteiger partial charge in [-0.15, -0.1) is 0 Å². The Balaban J connectivity index is 2.24. The summed E-state index contributed by atoms with van der Waals surface area (Å²) >= 11 is 0. The minimum atomic E-state index is 0.210. The van der Waals surface area contributed by atoms with Gasteiger partial charge in [-0.2, -0.15) is 10.2 Å². The summed E-state index contributed by atoms with van der Waals surface area (Å²) in [5.41, 5.74) is 3.12. The maximum Gasteiger partial charge on any atom is 0.110 e. The maximum atomic E-state index is 4.49. The van der Waals surface area contributed by atoms with Crippen molar-refractivity contribution in [2.45, 2.75) is 46.2 Å². The number of nitrogens with zero attached hydrogens (tertiary/aromatic N) is 4. The highest BCUT2D eigenvalue weighted by atomic mass is 15.1. The van der Waals surface area contributed by atoms with Gasteiger partial charge < -0.3 is 9.88 Å². The van der Waals surface area contributed by atoms with Gasteiger partial charge in [0.05, 0.1) is 11.4 Å². The van der Waals surface area contributed by atoms with Gasteiger partial charge in [0.1, 0.15) is 5.82 Å². The van der Waals surface area contributed by atoms with Gasteiger partial charge in [-0.1, -0.05) is 6.92 Å². The van der Waals surface area contributed by atoms with Crippen LogP contribution in [0.1, 0.15) is 42.2 Å². The first kappa shape index (κ1) is 14.7. The average molecular weight is 273 g/mol. The van der Waals surface area contributed by atoms with Gasteiger partial charge in [0.2, 0.25) is 0 Å². The Hall–Kier alpha value is -1.75. The molecule has 1 atom stereocenters. The normalized spacial score (nSPS) is 12.6. The van der Waals surface area contributed by atoms with E-state index in [2.05, 4.69) is 44.3 Å². The highest BCUT2D eigenvalue weighted by molar-refractivity contribution is 5.24. The first-order valence-electron chi connectivity index (χ1n) is 7.13. The van der Waals surface area contributed by atoms with E-state index in [-0.39, 0.29) is 6.04 Å². The molecule has 0 aliphatic carbocycles. The molecule has 0 radical (unpaired) electrons. The number of aromatic nitrogens is 4. The fourth-order valence-electron chi connectivity index (χ4n) is 2.45. The Kier molecular flexibility index (Phi) is 4.84. The van der Waals surface area contributed by atoms with E-state index in [1.165, 1.54) is 5.56 Å². The molecule has 0 amide bonds. The van der Waals surface area contributed by atoms with Gasteiger partial charge in [-0.05, 0) is 38.9 Å². The second kappa shape index (κ2) is 6.61. The van der Waals surface area contributed by atoms with E-state index in [1.54, 1.807) is 0 Å². The van der Waals surface area contributed by atoms with Crippen LogP contribution in [-0.4, -0.2) is 26.8 Å². The van der Waals surface area contributed by atoms with E-state index in [0.29, 0.717) is 0 Å². The molecule has 0 aliphatic heterocycles. The largest absolute Gasteiger partial charge is 0.335 e. The van der Waals surface area contributed by atoms with Crippen molar-refractivity contribution in [2.75, 3.05) is 7.05 Å². The topological polar surface area (TPSA) is 55.6 Å². The minimum absolute atomic E-state index is 0.210. The molecule has 1 N–H and O–H groups in total. The third-order valence-corrected chi connectivity index (χ3v) is 3.52. The zero-order chi connectivity index (χ0) is 14.5. The number of likely N-dealkylation sites (N-methyl/N-ethyl adjacent to an activating group) is 1. The second-order valence-electron chi connectivity index (χ2n) is 5.11. The number of imidazole rings is 1. The maximum absolute atomic E-state index is 4.49. The van der Waals surface area contributed by atoms with E-state index >= 15 is 0 Å². The summed E-state index contributed by atoms with van der Waals surface area (Å²) in [6.07, 6.45) is 5.90. The van der Waals surface area contributed by atoms with Crippen LogP contribution in [0.5, 0.6) is 0 Å². The van der Waals surface area contributed by atoms with E-state index in [1.807, 2.05) is 27.1 Å². The summed E-state index contributed by atoms with van der Waals surface area (Å²) in [5.74, 6) is 1.11. The van der Waals surface area contributed by atoms with Crippen molar-refractivity contribution in [1.82, 2.24) is 25.1 Å². The summed E-state index contributed by atoms with van der Waals surface area (Å²) in [6, 6.07) is 2.32. The molecule has 0 spiro atoms. The van der Waals surface area contributed by atoms with Gasteiger partial charge in [0.25, 0.3) is 0 Å². The molecule has 5 heteroatoms. The summed E-state index contributed by atoms with van der Waals surface area (Å²) in [7, 11) is 1.98. The molecular weight excluding hydrogens is 250 g/mol. The molecule has 108 valence electrons. The highest BCUT2D eigenvalue weighted by Crippen LogP contribution is 2.20. The first-order valence-corrected chi connectivity index (χ1v) is 7.13. The number of rotatable bonds is 6. The standard InChI is InChI=1S/C15H23N5/c1-5-7-20-8-6-17-15(20)10-14(16-4)13-9-11(2)18-19-12(13)3/h6,8-9,14,16H,5,7,10H2,1-4H3. The average Bonchev–Trinajstić information content (AvgIpc) is 2.87. The van der Waals surface area contributed by atoms with Gasteiger partial charge in [0, 0.05) is 31.4 Å². The zero-order valence-corrected chi connectivity index (χ0v) is 12.7. The van der Waals surface area contributed by atoms with Crippen molar-refractivity contribution in [3.8, 4) is 0 Å². The molecular formula is C15H23N5. The quantitative estimate of drug-likeness (QED) is 0.876. The molecule has 2 heterocycles. The summed E-state index contributed by atoms with van der Waals surface area (Å²) in [5, 5.41) is 11.7. The summed E-state index contributed by atoms with van der Waals surface area (Å²) in [4.78, 5) is 4.49. The third kappa shape index (κ3) is 3.22. The fourth-order valence-corrected chi connectivity index (χ4v) is 2.45. The Morgan fingerprint density at radius 3 is 2.80 bits per heavy atom. The molecule has 0 saturated heterocycles. The molecule has 5 nitrogen and oxygen atoms in total. The Labute approximate surface area is 120 Å². The lowest BCUT2D eigenvalue weighted by Crippen LogP contribution is -2.22. The summed E-state index contributed by atoms with van der Waals surface area (Å²) < 4.78 is 2.22. The zero-order valence-electron chi connectivity index (χ0n) is 12.7. The van der Waals surface area contributed by atoms with Gasteiger partial charge in [-0.3, -0.25) is 0 Å². The molecule has 0 saturated carbocycles. The van der Waals surface area contributed by atoms with Crippen LogP contribution in [0.25, 0.3) is 0 Å². The Morgan fingerprint density at radius 1 is 1.30 bits per heavy atom. The van der Waals surface area contributed by atoms with Gasteiger partial charge >= 0.3 is 0 Å². The van der Waals surface area contributed by atoms with Crippen LogP contribution in [0, 0.1) is 13.8 Å². The third-order valence-electron chi connectivity index (χ3n) is 3.52. The van der Waals surface area contributed by atoms with Gasteiger partial charge in [0.15, 0.2) is 0 Å². The lowest BCUT2D eigenvalue weighted by Gasteiger charge is -2.18. The molecule has 0 aromatic carbocycles. The molecule has 0 aliphatic rings. The lowest BCUT2D eigenvalue weighted by atomic mass is 10.0. The van der Waals surface area contributed by atoms with E-state index in [0.717, 1.165) is 36.6 Å². The van der Waals surface area contributed by atoms with E-state index in [4.69, 9.17) is 0 Å². The number of aryl methyl sites for hydroxylation is 3. The predicted molar refractivity (Wildman–Crippen MR) is 79.5 cm³/mol. The van der Waals surface area contributed by atoms with Crippen molar-refractivity contribution >= 4 is 0 Å². The molecule has 2 rings (SSSR count). The molecule has 0 bridgehead atoms. The molecule has 20 heavy (non-hydrogen) atoms. The van der Waals surface area contributed by atoms with Crippen molar-refractivity contribution in [3.05, 3.63) is 41.2 Å². The SMILES string of the molecule is CCCn1ccnc1CC(NC)c1cc(C)nnc1C. The fraction of sp³-hybridized carbons (Fsp3) is 0.533. The molecule has 2 aromatic heterocycles. The van der Waals surface area contributed by atoms with Gasteiger partial charge in [-0.25, -0.2) is 4.98 Å². The van der Waals surface area contributed by atoms with Crippen molar-refractivity contribution in [2.24, 2.45) is 0 Å². The van der Waals surface area contributed by atoms with E-state index < -0.39 is 0 Å². The number of hydrogen-bond donors (Lipinski definition) is 1. The predicted octanol–water partition coefficient (Wildman–Crippen LogP) is 2.20. The van der Waals surface area contributed by atoms with Crippen LogP contribution in [0.3, 0.4) is 0 Å². The van der Waals surface area contributed by atoms with Crippen LogP contribution >= 0.6 is 0 Å². The second-order valence-corrected chi connectivity index (χ2v) is 5.11. The van der Waals surface area contributed by atoms with Crippen molar-refractivity contribution < 1.29 is 0 Å². The molecule has 0 fully saturated rings. The van der Waals surface area contributed by atoms with Crippen LogP contribution in [0.2, 0.25) is 0 Å². The highest BCUT2D eigenvalue weighted by Gasteiger charge is 2.16. The lowest BCUT2D eigenvalue weighted by molar-refractivity contribution is 0.537. The number of hydrogen-bond acceptors (Lipinski definition) is 4. The van der Waals surface area contributed by atoms with E-state index in [9.17, 15) is 0 Å². The van der Waals surface area contributed by atoms with Crippen molar-refractivity contribution in [1.29, 1.82) is 0 Å². The van der Waals surface area contributed by atoms with Crippen LogP contribution in [-0.2, 0) is 13.0 Å². The molecule has 2 aromatic rings. The van der Waals surface area contributed by atoms with Crippen LogP contribution < -0.4 is 5.32 Å². The number of nitrogens with one attached hydrogen (secondary N) is 1. The Morgan fingerprint density at radius 2 is 2.10 bits per heavy atom. The van der Waals surface area contributed by atoms with Crippen molar-refractivity contribution in [3.63, 3.8) is 0 Å². The monoisotopic (exact) mass is 273 g/mol. The minimum Gasteiger partial charge on any atom is -0.335 e. The van der Waals surface area contributed by atoms with Crippen LogP contribution in [0.4, 0.5) is 0 Å². The first-order chi connectivity index (χ1) is 9.65. The van der Waals surface area contributed by atoms with Crippen LogP contribution in [0.15, 0.2) is 18.5 Å². The molecule has 1 unspecified atom stereocenters. The smallest absolute Gasteiger partial charge is 0.110 e. The summed E-state index contributed by atoms with van der Waals surface area (Å²) in [6.45, 7) is 7.17.